The highest BCUT2D eigenvalue weighted by atomic mass is 19.4. The molecule has 8 heteroatoms. The van der Waals surface area contributed by atoms with E-state index in [2.05, 4.69) is 0 Å². The molecule has 2 N–H and O–H groups in total. The van der Waals surface area contributed by atoms with Crippen molar-refractivity contribution in [2.24, 2.45) is 0 Å². The molecule has 1 fully saturated rings. The second kappa shape index (κ2) is 9.01. The number of benzene rings is 2. The van der Waals surface area contributed by atoms with Crippen molar-refractivity contribution in [1.29, 1.82) is 0 Å². The summed E-state index contributed by atoms with van der Waals surface area (Å²) in [7, 11) is 0. The molecule has 0 heterocycles. The third kappa shape index (κ3) is 6.08. The van der Waals surface area contributed by atoms with Crippen molar-refractivity contribution in [1.82, 2.24) is 0 Å². The van der Waals surface area contributed by atoms with E-state index in [9.17, 15) is 36.6 Å². The number of aryl methyl sites for hydroxylation is 2. The van der Waals surface area contributed by atoms with Crippen LogP contribution in [0, 0.1) is 6.92 Å². The van der Waals surface area contributed by atoms with Crippen LogP contribution in [0.3, 0.4) is 0 Å². The quantitative estimate of drug-likeness (QED) is 0.473. The van der Waals surface area contributed by atoms with Gasteiger partial charge in [0.15, 0.2) is 0 Å². The van der Waals surface area contributed by atoms with Crippen LogP contribution in [0.2, 0.25) is 0 Å². The summed E-state index contributed by atoms with van der Waals surface area (Å²) in [6, 6.07) is 5.33. The molecule has 0 aliphatic heterocycles. The van der Waals surface area contributed by atoms with Gasteiger partial charge in [0.25, 0.3) is 0 Å². The van der Waals surface area contributed by atoms with Gasteiger partial charge in [0.05, 0.1) is 11.1 Å². The molecule has 2 aromatic carbocycles. The van der Waals surface area contributed by atoms with Crippen LogP contribution in [0.4, 0.5) is 26.3 Å². The van der Waals surface area contributed by atoms with E-state index in [4.69, 9.17) is 0 Å². The minimum atomic E-state index is -4.50. The van der Waals surface area contributed by atoms with Crippen molar-refractivity contribution in [2.45, 2.75) is 71.1 Å². The number of phenolic OH excluding ortho intramolecular Hbond substituents is 2. The number of alkyl halides is 6. The van der Waals surface area contributed by atoms with Crippen LogP contribution in [0.1, 0.15) is 78.8 Å². The van der Waals surface area contributed by atoms with Gasteiger partial charge in [-0.2, -0.15) is 26.3 Å². The van der Waals surface area contributed by atoms with E-state index >= 15 is 0 Å². The van der Waals surface area contributed by atoms with Crippen molar-refractivity contribution in [3.8, 4) is 11.5 Å². The first-order chi connectivity index (χ1) is 14.2. The summed E-state index contributed by atoms with van der Waals surface area (Å²) >= 11 is 0. The average Bonchev–Trinajstić information content (AvgIpc) is 3.47. The van der Waals surface area contributed by atoms with Crippen LogP contribution in [-0.4, -0.2) is 10.2 Å². The van der Waals surface area contributed by atoms with Crippen LogP contribution in [-0.2, 0) is 18.8 Å². The third-order valence-electron chi connectivity index (χ3n) is 5.22. The molecule has 0 saturated heterocycles. The summed E-state index contributed by atoms with van der Waals surface area (Å²) in [4.78, 5) is 0. The van der Waals surface area contributed by atoms with E-state index in [1.807, 2.05) is 20.8 Å². The van der Waals surface area contributed by atoms with Gasteiger partial charge in [0.1, 0.15) is 11.5 Å². The zero-order chi connectivity index (χ0) is 23.7. The molecule has 31 heavy (non-hydrogen) atoms. The Hall–Kier alpha value is -2.38. The average molecular weight is 448 g/mol. The maximum Gasteiger partial charge on any atom is 0.419 e. The van der Waals surface area contributed by atoms with Crippen molar-refractivity contribution >= 4 is 0 Å². The molecule has 0 spiro atoms. The number of rotatable bonds is 3. The fourth-order valence-electron chi connectivity index (χ4n) is 3.20. The normalized spacial score (nSPS) is 14.4. The van der Waals surface area contributed by atoms with E-state index in [1.54, 1.807) is 12.1 Å². The van der Waals surface area contributed by atoms with Gasteiger partial charge in [0, 0.05) is 0 Å². The first-order valence-corrected chi connectivity index (χ1v) is 10.00. The predicted octanol–water partition coefficient (Wildman–Crippen LogP) is 7.69. The molecule has 1 aliphatic carbocycles. The SMILES string of the molecule is CCc1cc(C2CC2)c(O)c(C(F)(F)F)c1.Cc1cc(C(C)C)cc(C(F)(F)F)c1O. The molecule has 1 saturated carbocycles. The largest absolute Gasteiger partial charge is 0.507 e. The van der Waals surface area contributed by atoms with E-state index in [0.717, 1.165) is 25.0 Å². The molecule has 172 valence electrons. The second-order valence-electron chi connectivity index (χ2n) is 8.09. The first kappa shape index (κ1) is 24.9. The van der Waals surface area contributed by atoms with Gasteiger partial charge in [-0.05, 0) is 72.4 Å². The summed E-state index contributed by atoms with van der Waals surface area (Å²) in [5.74, 6) is -1.13. The maximum absolute atomic E-state index is 12.7. The molecule has 1 aliphatic rings. The minimum absolute atomic E-state index is 0.00500. The summed E-state index contributed by atoms with van der Waals surface area (Å²) in [6.45, 7) is 6.90. The zero-order valence-electron chi connectivity index (χ0n) is 17.7. The summed E-state index contributed by atoms with van der Waals surface area (Å²) in [6.07, 6.45) is -6.68. The van der Waals surface area contributed by atoms with E-state index in [1.165, 1.54) is 6.92 Å². The second-order valence-corrected chi connectivity index (χ2v) is 8.09. The van der Waals surface area contributed by atoms with Crippen molar-refractivity contribution in [2.75, 3.05) is 0 Å². The Morgan fingerprint density at radius 1 is 0.871 bits per heavy atom. The lowest BCUT2D eigenvalue weighted by Crippen LogP contribution is -2.07. The molecule has 0 atom stereocenters. The van der Waals surface area contributed by atoms with Crippen LogP contribution in [0.25, 0.3) is 0 Å². The highest BCUT2D eigenvalue weighted by Gasteiger charge is 2.38. The summed E-state index contributed by atoms with van der Waals surface area (Å²) in [5.41, 5.74) is 0.0878. The Labute approximate surface area is 177 Å². The molecule has 0 amide bonds. The number of hydrogen-bond donors (Lipinski definition) is 2. The molecule has 2 nitrogen and oxygen atoms in total. The van der Waals surface area contributed by atoms with E-state index < -0.39 is 35.0 Å². The van der Waals surface area contributed by atoms with Gasteiger partial charge in [0.2, 0.25) is 0 Å². The van der Waals surface area contributed by atoms with Crippen LogP contribution in [0.5, 0.6) is 11.5 Å². The van der Waals surface area contributed by atoms with Crippen molar-refractivity contribution in [3.05, 3.63) is 57.6 Å². The predicted molar refractivity (Wildman–Crippen MR) is 106 cm³/mol. The standard InChI is InChI=1S/C12H13F3O.C11H13F3O/c1-2-7-5-9(8-3-4-8)11(16)10(6-7)12(13,14)15;1-6(2)8-4-7(3)10(15)9(5-8)11(12,13)14/h5-6,8,16H,2-4H2,1H3;4-6,15H,1-3H3. The Morgan fingerprint density at radius 3 is 1.81 bits per heavy atom. The molecule has 2 aromatic rings. The Bertz CT molecular complexity index is 925. The number of hydrogen-bond acceptors (Lipinski definition) is 2. The summed E-state index contributed by atoms with van der Waals surface area (Å²) in [5, 5.41) is 19.0. The van der Waals surface area contributed by atoms with Gasteiger partial charge in [-0.15, -0.1) is 0 Å². The lowest BCUT2D eigenvalue weighted by atomic mass is 9.97. The van der Waals surface area contributed by atoms with Gasteiger partial charge in [-0.25, -0.2) is 0 Å². The molecule has 0 unspecified atom stereocenters. The molecule has 0 bridgehead atoms. The molecule has 0 radical (unpaired) electrons. The first-order valence-electron chi connectivity index (χ1n) is 10.00. The zero-order valence-corrected chi connectivity index (χ0v) is 17.7. The highest BCUT2D eigenvalue weighted by molar-refractivity contribution is 5.48. The van der Waals surface area contributed by atoms with Gasteiger partial charge in [-0.3, -0.25) is 0 Å². The topological polar surface area (TPSA) is 40.5 Å². The van der Waals surface area contributed by atoms with Crippen LogP contribution in [0.15, 0.2) is 24.3 Å². The van der Waals surface area contributed by atoms with E-state index in [-0.39, 0.29) is 17.4 Å². The number of halogens is 6. The molecule has 0 aromatic heterocycles. The Morgan fingerprint density at radius 2 is 1.39 bits per heavy atom. The number of phenols is 2. The minimum Gasteiger partial charge on any atom is -0.507 e. The smallest absolute Gasteiger partial charge is 0.419 e. The molecular formula is C23H26F6O2. The maximum atomic E-state index is 12.7. The third-order valence-corrected chi connectivity index (χ3v) is 5.22. The van der Waals surface area contributed by atoms with Crippen LogP contribution >= 0.6 is 0 Å². The fraction of sp³-hybridized carbons (Fsp3) is 0.478. The lowest BCUT2D eigenvalue weighted by Gasteiger charge is -2.14. The molecular weight excluding hydrogens is 422 g/mol. The number of aromatic hydroxyl groups is 2. The fourth-order valence-corrected chi connectivity index (χ4v) is 3.20. The summed E-state index contributed by atoms with van der Waals surface area (Å²) < 4.78 is 75.5. The van der Waals surface area contributed by atoms with Crippen molar-refractivity contribution in [3.63, 3.8) is 0 Å². The van der Waals surface area contributed by atoms with E-state index in [0.29, 0.717) is 23.1 Å². The Balaban J connectivity index is 0.000000221. The van der Waals surface area contributed by atoms with Crippen molar-refractivity contribution < 1.29 is 36.6 Å². The van der Waals surface area contributed by atoms with Gasteiger partial charge < -0.3 is 10.2 Å². The molecule has 3 rings (SSSR count). The van der Waals surface area contributed by atoms with Gasteiger partial charge >= 0.3 is 12.4 Å². The lowest BCUT2D eigenvalue weighted by molar-refractivity contribution is -0.139. The Kier molecular flexibility index (Phi) is 7.23. The van der Waals surface area contributed by atoms with Gasteiger partial charge in [-0.1, -0.05) is 32.9 Å². The monoisotopic (exact) mass is 448 g/mol. The van der Waals surface area contributed by atoms with Crippen LogP contribution < -0.4 is 0 Å². The highest BCUT2D eigenvalue weighted by Crippen LogP contribution is 2.48.